The number of ether oxygens (including phenoxy) is 1. The van der Waals surface area contributed by atoms with Gasteiger partial charge >= 0.3 is 18.5 Å². The van der Waals surface area contributed by atoms with Crippen LogP contribution in [0.25, 0.3) is 0 Å². The highest BCUT2D eigenvalue weighted by Crippen LogP contribution is 2.38. The molecule has 0 aliphatic heterocycles. The number of hydrogen-bond acceptors (Lipinski definition) is 5. The van der Waals surface area contributed by atoms with E-state index in [-0.39, 0.29) is 24.2 Å². The summed E-state index contributed by atoms with van der Waals surface area (Å²) in [7, 11) is 1.38. The van der Waals surface area contributed by atoms with Gasteiger partial charge in [-0.3, -0.25) is 0 Å². The van der Waals surface area contributed by atoms with Crippen LogP contribution in [-0.2, 0) is 50.0 Å². The maximum atomic E-state index is 13.8. The van der Waals surface area contributed by atoms with Gasteiger partial charge in [-0.2, -0.15) is 44.3 Å². The molecule has 0 aliphatic rings. The second kappa shape index (κ2) is 12.8. The molecule has 6 nitrogen and oxygen atoms in total. The van der Waals surface area contributed by atoms with Crippen LogP contribution in [0.1, 0.15) is 58.4 Å². The first-order valence-electron chi connectivity index (χ1n) is 13.2. The second-order valence-electron chi connectivity index (χ2n) is 9.95. The Labute approximate surface area is 246 Å². The Morgan fingerprint density at radius 2 is 1.36 bits per heavy atom. The smallest absolute Gasteiger partial charge is 0.369 e. The number of tetrazole rings is 1. The van der Waals surface area contributed by atoms with E-state index < -0.39 is 60.0 Å². The van der Waals surface area contributed by atoms with Crippen LogP contribution < -0.4 is 4.90 Å². The van der Waals surface area contributed by atoms with Crippen LogP contribution in [-0.4, -0.2) is 20.2 Å². The fourth-order valence-electron chi connectivity index (χ4n) is 4.57. The molecule has 1 atom stereocenters. The summed E-state index contributed by atoms with van der Waals surface area (Å²) in [5.74, 6) is -0.222. The first-order chi connectivity index (χ1) is 20.5. The number of aryl methyl sites for hydroxylation is 1. The number of anilines is 1. The molecule has 0 aliphatic carbocycles. The number of nitrogens with zero attached hydrogens (tertiary/aromatic N) is 5. The van der Waals surface area contributed by atoms with E-state index in [4.69, 9.17) is 4.74 Å². The van der Waals surface area contributed by atoms with Crippen molar-refractivity contribution in [1.82, 2.24) is 20.2 Å². The SMILES string of the molecule is CC[C@H](OCc1ccccc1)c1ccc(C(F)(F)F)cc1CN(Cc1cc(C(F)(F)F)cc(C(F)(F)F)c1)c1nnn(C)n1. The molecular formula is C29H26F9N5O. The summed E-state index contributed by atoms with van der Waals surface area (Å²) >= 11 is 0. The van der Waals surface area contributed by atoms with Crippen molar-refractivity contribution in [3.63, 3.8) is 0 Å². The van der Waals surface area contributed by atoms with E-state index >= 15 is 0 Å². The summed E-state index contributed by atoms with van der Waals surface area (Å²) in [5, 5.41) is 11.5. The first-order valence-corrected chi connectivity index (χ1v) is 13.2. The largest absolute Gasteiger partial charge is 0.416 e. The van der Waals surface area contributed by atoms with E-state index in [0.717, 1.165) is 27.4 Å². The Morgan fingerprint density at radius 3 is 1.89 bits per heavy atom. The number of benzene rings is 3. The van der Waals surface area contributed by atoms with E-state index in [0.29, 0.717) is 24.1 Å². The van der Waals surface area contributed by atoms with Gasteiger partial charge < -0.3 is 9.64 Å². The molecule has 4 rings (SSSR count). The predicted molar refractivity (Wildman–Crippen MR) is 141 cm³/mol. The zero-order chi connectivity index (χ0) is 32.3. The number of halogens is 9. The minimum atomic E-state index is -5.09. The van der Waals surface area contributed by atoms with Crippen LogP contribution in [0.15, 0.2) is 66.7 Å². The van der Waals surface area contributed by atoms with Crippen LogP contribution in [0, 0.1) is 0 Å². The number of alkyl halides is 9. The molecule has 3 aromatic carbocycles. The van der Waals surface area contributed by atoms with Gasteiger partial charge in [-0.1, -0.05) is 48.4 Å². The lowest BCUT2D eigenvalue weighted by atomic mass is 9.97. The van der Waals surface area contributed by atoms with Crippen molar-refractivity contribution in [3.8, 4) is 0 Å². The second-order valence-corrected chi connectivity index (χ2v) is 9.95. The molecule has 0 N–H and O–H groups in total. The molecule has 0 unspecified atom stereocenters. The average Bonchev–Trinajstić information content (AvgIpc) is 3.38. The maximum Gasteiger partial charge on any atom is 0.416 e. The first kappa shape index (κ1) is 32.8. The molecule has 4 aromatic rings. The molecule has 0 fully saturated rings. The van der Waals surface area contributed by atoms with Crippen molar-refractivity contribution in [2.45, 2.75) is 57.7 Å². The molecule has 0 bridgehead atoms. The van der Waals surface area contributed by atoms with Gasteiger partial charge in [0.15, 0.2) is 0 Å². The lowest BCUT2D eigenvalue weighted by Gasteiger charge is -2.26. The maximum absolute atomic E-state index is 13.8. The van der Waals surface area contributed by atoms with Gasteiger partial charge in [0.2, 0.25) is 0 Å². The van der Waals surface area contributed by atoms with Gasteiger partial charge in [-0.05, 0) is 64.2 Å². The standard InChI is InChI=1S/C29H26F9N5O/c1-3-25(44-17-18-7-5-4-6-8-18)24-10-9-21(27(30,31)32)13-20(24)16-43(26-39-41-42(2)40-26)15-19-11-22(28(33,34)35)14-23(12-19)29(36,37)38/h4-14,25H,3,15-17H2,1-2H3/t25-/m0/s1. The van der Waals surface area contributed by atoms with Crippen LogP contribution in [0.4, 0.5) is 45.5 Å². The highest BCUT2D eigenvalue weighted by atomic mass is 19.4. The molecule has 0 saturated carbocycles. The highest BCUT2D eigenvalue weighted by Gasteiger charge is 2.37. The van der Waals surface area contributed by atoms with Crippen molar-refractivity contribution < 1.29 is 44.3 Å². The number of rotatable bonds is 10. The Hall–Kier alpha value is -4.14. The van der Waals surface area contributed by atoms with Crippen LogP contribution >= 0.6 is 0 Å². The monoisotopic (exact) mass is 631 g/mol. The lowest BCUT2D eigenvalue weighted by molar-refractivity contribution is -0.143. The summed E-state index contributed by atoms with van der Waals surface area (Å²) in [6.45, 7) is 0.865. The van der Waals surface area contributed by atoms with Crippen molar-refractivity contribution >= 4 is 5.95 Å². The molecule has 0 radical (unpaired) electrons. The Bertz CT molecular complexity index is 1520. The number of hydrogen-bond donors (Lipinski definition) is 0. The summed E-state index contributed by atoms with van der Waals surface area (Å²) in [4.78, 5) is 2.16. The fraction of sp³-hybridized carbons (Fsp3) is 0.345. The lowest BCUT2D eigenvalue weighted by Crippen LogP contribution is -2.26. The zero-order valence-electron chi connectivity index (χ0n) is 23.3. The Balaban J connectivity index is 1.77. The Morgan fingerprint density at radius 1 is 0.750 bits per heavy atom. The molecule has 1 aromatic heterocycles. The molecular weight excluding hydrogens is 605 g/mol. The minimum Gasteiger partial charge on any atom is -0.369 e. The van der Waals surface area contributed by atoms with E-state index in [9.17, 15) is 39.5 Å². The zero-order valence-corrected chi connectivity index (χ0v) is 23.3. The normalized spacial score (nSPS) is 13.2. The third kappa shape index (κ3) is 8.27. The van der Waals surface area contributed by atoms with Crippen LogP contribution in [0.5, 0.6) is 0 Å². The van der Waals surface area contributed by atoms with Gasteiger partial charge in [-0.15, -0.1) is 5.10 Å². The van der Waals surface area contributed by atoms with Gasteiger partial charge in [0, 0.05) is 13.1 Å². The molecule has 0 saturated heterocycles. The van der Waals surface area contributed by atoms with Crippen molar-refractivity contribution in [2.75, 3.05) is 4.90 Å². The quantitative estimate of drug-likeness (QED) is 0.166. The van der Waals surface area contributed by atoms with Crippen molar-refractivity contribution in [1.29, 1.82) is 0 Å². The summed E-state index contributed by atoms with van der Waals surface area (Å²) in [6, 6.07) is 13.1. The highest BCUT2D eigenvalue weighted by molar-refractivity contribution is 5.41. The van der Waals surface area contributed by atoms with Gasteiger partial charge in [-0.25, -0.2) is 0 Å². The summed E-state index contributed by atoms with van der Waals surface area (Å²) in [6.07, 6.45) is -15.3. The van der Waals surface area contributed by atoms with Crippen molar-refractivity contribution in [3.05, 3.63) is 106 Å². The molecule has 15 heteroatoms. The molecule has 1 heterocycles. The van der Waals surface area contributed by atoms with Crippen LogP contribution in [0.2, 0.25) is 0 Å². The van der Waals surface area contributed by atoms with Gasteiger partial charge in [0.05, 0.1) is 36.4 Å². The van der Waals surface area contributed by atoms with Gasteiger partial charge in [0.25, 0.3) is 5.95 Å². The van der Waals surface area contributed by atoms with Crippen LogP contribution in [0.3, 0.4) is 0 Å². The third-order valence-corrected chi connectivity index (χ3v) is 6.64. The van der Waals surface area contributed by atoms with Crippen molar-refractivity contribution in [2.24, 2.45) is 7.05 Å². The van der Waals surface area contributed by atoms with E-state index in [1.54, 1.807) is 19.1 Å². The molecule has 44 heavy (non-hydrogen) atoms. The van der Waals surface area contributed by atoms with E-state index in [1.165, 1.54) is 13.1 Å². The fourth-order valence-corrected chi connectivity index (χ4v) is 4.57. The molecule has 236 valence electrons. The Kier molecular flexibility index (Phi) is 9.56. The minimum absolute atomic E-state index is 0.00472. The van der Waals surface area contributed by atoms with E-state index in [2.05, 4.69) is 15.4 Å². The predicted octanol–water partition coefficient (Wildman–Crippen LogP) is 8.14. The third-order valence-electron chi connectivity index (χ3n) is 6.64. The molecule has 0 amide bonds. The topological polar surface area (TPSA) is 56.1 Å². The summed E-state index contributed by atoms with van der Waals surface area (Å²) < 4.78 is 129. The van der Waals surface area contributed by atoms with Gasteiger partial charge in [0.1, 0.15) is 0 Å². The average molecular weight is 632 g/mol. The van der Waals surface area contributed by atoms with E-state index in [1.807, 2.05) is 18.2 Å². The summed E-state index contributed by atoms with van der Waals surface area (Å²) in [5.41, 5.74) is -3.25. The molecule has 0 spiro atoms. The number of aromatic nitrogens is 4.